The second-order valence-corrected chi connectivity index (χ2v) is 7.87. The van der Waals surface area contributed by atoms with E-state index < -0.39 is 0 Å². The van der Waals surface area contributed by atoms with Crippen molar-refractivity contribution in [1.29, 1.82) is 0 Å². The summed E-state index contributed by atoms with van der Waals surface area (Å²) in [5, 5.41) is 11.5. The lowest BCUT2D eigenvalue weighted by Crippen LogP contribution is -1.95. The molecule has 5 nitrogen and oxygen atoms in total. The fourth-order valence-corrected chi connectivity index (χ4v) is 3.84. The van der Waals surface area contributed by atoms with Crippen molar-refractivity contribution < 1.29 is 13.5 Å². The molecule has 0 saturated carbocycles. The van der Waals surface area contributed by atoms with Gasteiger partial charge in [-0.15, -0.1) is 21.5 Å². The molecule has 0 aliphatic rings. The summed E-state index contributed by atoms with van der Waals surface area (Å²) >= 11 is 2.96. The fraction of sp³-hybridized carbons (Fsp3) is 0.150. The van der Waals surface area contributed by atoms with Crippen LogP contribution in [0.1, 0.15) is 16.3 Å². The smallest absolute Gasteiger partial charge is 0.277 e. The van der Waals surface area contributed by atoms with E-state index in [1.807, 2.05) is 36.6 Å². The van der Waals surface area contributed by atoms with Gasteiger partial charge in [0.25, 0.3) is 5.22 Å². The van der Waals surface area contributed by atoms with Crippen LogP contribution < -0.4 is 4.74 Å². The fourth-order valence-electron chi connectivity index (χ4n) is 2.37. The second-order valence-electron chi connectivity index (χ2n) is 6.00. The highest BCUT2D eigenvalue weighted by molar-refractivity contribution is 7.98. The molecule has 0 fully saturated rings. The molecule has 4 aromatic rings. The molecule has 0 aliphatic heterocycles. The summed E-state index contributed by atoms with van der Waals surface area (Å²) in [4.78, 5) is 4.54. The van der Waals surface area contributed by atoms with Crippen molar-refractivity contribution in [2.75, 3.05) is 0 Å². The Bertz CT molecular complexity index is 1050. The van der Waals surface area contributed by atoms with Crippen LogP contribution in [0.25, 0.3) is 11.5 Å². The van der Waals surface area contributed by atoms with E-state index in [-0.39, 0.29) is 5.82 Å². The quantitative estimate of drug-likeness (QED) is 0.372. The van der Waals surface area contributed by atoms with Crippen LogP contribution in [0.4, 0.5) is 4.39 Å². The molecule has 0 spiro atoms. The maximum absolute atomic E-state index is 12.9. The minimum Gasteiger partial charge on any atom is -0.486 e. The van der Waals surface area contributed by atoms with E-state index in [9.17, 15) is 4.39 Å². The topological polar surface area (TPSA) is 61.0 Å². The van der Waals surface area contributed by atoms with Crippen molar-refractivity contribution in [2.24, 2.45) is 0 Å². The van der Waals surface area contributed by atoms with Gasteiger partial charge >= 0.3 is 0 Å². The lowest BCUT2D eigenvalue weighted by molar-refractivity contribution is 0.305. The van der Waals surface area contributed by atoms with Crippen LogP contribution in [0.2, 0.25) is 0 Å². The van der Waals surface area contributed by atoms with Crippen molar-refractivity contribution in [1.82, 2.24) is 15.2 Å². The van der Waals surface area contributed by atoms with Crippen LogP contribution in [0.15, 0.2) is 63.6 Å². The molecule has 0 N–H and O–H groups in total. The zero-order valence-electron chi connectivity index (χ0n) is 15.0. The minimum absolute atomic E-state index is 0.285. The van der Waals surface area contributed by atoms with Gasteiger partial charge < -0.3 is 9.15 Å². The average Bonchev–Trinajstić information content (AvgIpc) is 3.36. The van der Waals surface area contributed by atoms with Gasteiger partial charge in [-0.05, 0) is 43.3 Å². The molecule has 2 heterocycles. The normalized spacial score (nSPS) is 10.9. The number of nitrogens with zero attached hydrogens (tertiary/aromatic N) is 3. The molecule has 0 radical (unpaired) electrons. The Kier molecular flexibility index (Phi) is 5.68. The molecule has 4 rings (SSSR count). The number of thiazole rings is 1. The van der Waals surface area contributed by atoms with Gasteiger partial charge in [-0.25, -0.2) is 9.37 Å². The number of hydrogen-bond acceptors (Lipinski definition) is 7. The Labute approximate surface area is 169 Å². The lowest BCUT2D eigenvalue weighted by Gasteiger charge is -2.03. The molecule has 0 atom stereocenters. The van der Waals surface area contributed by atoms with Gasteiger partial charge in [0.05, 0.1) is 5.69 Å². The summed E-state index contributed by atoms with van der Waals surface area (Å²) in [5.74, 6) is 1.46. The molecule has 8 heteroatoms. The molecule has 2 aromatic carbocycles. The summed E-state index contributed by atoms with van der Waals surface area (Å²) in [6.45, 7) is 2.38. The Morgan fingerprint density at radius 3 is 2.64 bits per heavy atom. The van der Waals surface area contributed by atoms with Crippen molar-refractivity contribution >= 4 is 23.1 Å². The monoisotopic (exact) mass is 413 g/mol. The molecule has 28 heavy (non-hydrogen) atoms. The molecular weight excluding hydrogens is 397 g/mol. The molecule has 0 saturated heterocycles. The Morgan fingerprint density at radius 1 is 1.07 bits per heavy atom. The third kappa shape index (κ3) is 4.76. The number of aryl methyl sites for hydroxylation is 1. The van der Waals surface area contributed by atoms with E-state index in [1.54, 1.807) is 12.1 Å². The van der Waals surface area contributed by atoms with Crippen molar-refractivity contribution in [3.05, 3.63) is 76.0 Å². The van der Waals surface area contributed by atoms with Gasteiger partial charge in [-0.3, -0.25) is 0 Å². The highest BCUT2D eigenvalue weighted by atomic mass is 32.2. The van der Waals surface area contributed by atoms with E-state index in [1.165, 1.54) is 40.8 Å². The van der Waals surface area contributed by atoms with Gasteiger partial charge in [-0.1, -0.05) is 29.5 Å². The van der Waals surface area contributed by atoms with E-state index in [0.717, 1.165) is 16.3 Å². The van der Waals surface area contributed by atoms with E-state index in [4.69, 9.17) is 9.15 Å². The number of hydrogen-bond donors (Lipinski definition) is 0. The summed E-state index contributed by atoms with van der Waals surface area (Å²) in [6.07, 6.45) is 0. The standard InChI is InChI=1S/C20H16FN3O2S2/c1-13-2-4-14(5-3-13)19-23-24-20(26-19)28-12-16-11-27-18(22-16)10-25-17-8-6-15(21)7-9-17/h2-9,11H,10,12H2,1H3. The van der Waals surface area contributed by atoms with Crippen LogP contribution in [0.3, 0.4) is 0 Å². The Hall–Kier alpha value is -2.71. The SMILES string of the molecule is Cc1ccc(-c2nnc(SCc3csc(COc4ccc(F)cc4)n3)o2)cc1. The first-order valence-electron chi connectivity index (χ1n) is 8.51. The van der Waals surface area contributed by atoms with Crippen LogP contribution in [-0.4, -0.2) is 15.2 Å². The van der Waals surface area contributed by atoms with Gasteiger partial charge in [0, 0.05) is 16.7 Å². The number of benzene rings is 2. The molecule has 0 aliphatic carbocycles. The number of aromatic nitrogens is 3. The molecule has 0 bridgehead atoms. The van der Waals surface area contributed by atoms with Crippen molar-refractivity contribution in [3.8, 4) is 17.2 Å². The molecule has 0 unspecified atom stereocenters. The lowest BCUT2D eigenvalue weighted by atomic mass is 10.1. The Balaban J connectivity index is 1.31. The van der Waals surface area contributed by atoms with Gasteiger partial charge in [0.1, 0.15) is 23.2 Å². The first-order chi connectivity index (χ1) is 13.7. The predicted octanol–water partition coefficient (Wildman–Crippen LogP) is 5.51. The zero-order chi connectivity index (χ0) is 19.3. The maximum atomic E-state index is 12.9. The third-order valence-corrected chi connectivity index (χ3v) is 5.55. The van der Waals surface area contributed by atoms with Crippen LogP contribution in [-0.2, 0) is 12.4 Å². The third-order valence-electron chi connectivity index (χ3n) is 3.82. The first kappa shape index (κ1) is 18.6. The van der Waals surface area contributed by atoms with Crippen LogP contribution in [0.5, 0.6) is 5.75 Å². The highest BCUT2D eigenvalue weighted by Crippen LogP contribution is 2.26. The molecule has 0 amide bonds. The first-order valence-corrected chi connectivity index (χ1v) is 10.4. The van der Waals surface area contributed by atoms with Crippen LogP contribution >= 0.6 is 23.1 Å². The zero-order valence-corrected chi connectivity index (χ0v) is 16.6. The van der Waals surface area contributed by atoms with E-state index >= 15 is 0 Å². The van der Waals surface area contributed by atoms with Crippen LogP contribution in [0, 0.1) is 12.7 Å². The van der Waals surface area contributed by atoms with Gasteiger partial charge in [0.2, 0.25) is 5.89 Å². The van der Waals surface area contributed by atoms with E-state index in [0.29, 0.717) is 29.2 Å². The summed E-state index contributed by atoms with van der Waals surface area (Å²) < 4.78 is 24.2. The van der Waals surface area contributed by atoms with Gasteiger partial charge in [0.15, 0.2) is 0 Å². The second kappa shape index (κ2) is 8.53. The summed E-state index contributed by atoms with van der Waals surface area (Å²) in [6, 6.07) is 13.9. The maximum Gasteiger partial charge on any atom is 0.277 e. The predicted molar refractivity (Wildman–Crippen MR) is 107 cm³/mol. The van der Waals surface area contributed by atoms with Crippen molar-refractivity contribution in [2.45, 2.75) is 24.5 Å². The summed E-state index contributed by atoms with van der Waals surface area (Å²) in [5.41, 5.74) is 3.00. The average molecular weight is 413 g/mol. The van der Waals surface area contributed by atoms with Crippen molar-refractivity contribution in [3.63, 3.8) is 0 Å². The Morgan fingerprint density at radius 2 is 1.86 bits per heavy atom. The number of rotatable bonds is 7. The van der Waals surface area contributed by atoms with E-state index in [2.05, 4.69) is 15.2 Å². The number of ether oxygens (including phenoxy) is 1. The minimum atomic E-state index is -0.285. The van der Waals surface area contributed by atoms with Gasteiger partial charge in [-0.2, -0.15) is 0 Å². The number of halogens is 1. The molecule has 142 valence electrons. The summed E-state index contributed by atoms with van der Waals surface area (Å²) in [7, 11) is 0. The molecular formula is C20H16FN3O2S2. The largest absolute Gasteiger partial charge is 0.486 e. The molecule has 2 aromatic heterocycles. The number of thioether (sulfide) groups is 1. The highest BCUT2D eigenvalue weighted by Gasteiger charge is 2.11.